The fourth-order valence-electron chi connectivity index (χ4n) is 2.04. The fraction of sp³-hybridized carbons (Fsp3) is 0.0714. The van der Waals surface area contributed by atoms with E-state index in [0.717, 1.165) is 22.6 Å². The normalized spacial score (nSPS) is 23.5. The predicted octanol–water partition coefficient (Wildman–Crippen LogP) is 2.26. The summed E-state index contributed by atoms with van der Waals surface area (Å²) in [7, 11) is 0. The number of hydrogen-bond acceptors (Lipinski definition) is 2. The second kappa shape index (κ2) is 4.82. The summed E-state index contributed by atoms with van der Waals surface area (Å²) in [5.74, 6) is 5.56. The second-order valence-corrected chi connectivity index (χ2v) is 4.64. The van der Waals surface area contributed by atoms with Gasteiger partial charge in [0.2, 0.25) is 0 Å². The molecule has 94 valence electrons. The number of aliphatic imine (C=N–C) groups is 2. The van der Waals surface area contributed by atoms with Crippen molar-refractivity contribution in [1.82, 2.24) is 0 Å². The fourth-order valence-corrected chi connectivity index (χ4v) is 2.24. The molecular weight excluding hydrogens is 260 g/mol. The van der Waals surface area contributed by atoms with E-state index in [1.807, 2.05) is 48.6 Å². The quantitative estimate of drug-likeness (QED) is 0.475. The number of nitrogens with zero attached hydrogens (tertiary/aromatic N) is 3. The number of hydrazone groups is 1. The Morgan fingerprint density at radius 2 is 1.95 bits per heavy atom. The Balaban J connectivity index is 2.14. The van der Waals surface area contributed by atoms with Crippen LogP contribution in [0.25, 0.3) is 0 Å². The molecule has 1 heterocycles. The summed E-state index contributed by atoms with van der Waals surface area (Å²) in [6.45, 7) is 0. The average Bonchev–Trinajstić information content (AvgIpc) is 2.47. The lowest BCUT2D eigenvalue weighted by atomic mass is 9.93. The van der Waals surface area contributed by atoms with Crippen molar-refractivity contribution < 1.29 is 0 Å². The number of halogens is 1. The lowest BCUT2D eigenvalue weighted by Gasteiger charge is -2.19. The molecular formula is C14H11ClN4. The number of allylic oxidation sites excluding steroid dienone is 4. The standard InChI is InChI=1S/C14H11ClN4/c15-10-6-7-12-11(8-10)13(18-14(17-12)19-16)9-4-2-1-3-5-9/h1-8,10H,16H2/b19-14+. The van der Waals surface area contributed by atoms with Crippen LogP contribution in [0.1, 0.15) is 5.56 Å². The largest absolute Gasteiger partial charge is 0.320 e. The molecule has 1 aliphatic carbocycles. The molecule has 0 bridgehead atoms. The number of fused-ring (bicyclic) bond motifs is 1. The van der Waals surface area contributed by atoms with Gasteiger partial charge in [0.15, 0.2) is 0 Å². The third-order valence-electron chi connectivity index (χ3n) is 2.89. The van der Waals surface area contributed by atoms with Crippen molar-refractivity contribution in [2.24, 2.45) is 20.9 Å². The van der Waals surface area contributed by atoms with Crippen molar-refractivity contribution >= 4 is 29.0 Å². The summed E-state index contributed by atoms with van der Waals surface area (Å²) in [6, 6.07) is 9.84. The molecule has 1 atom stereocenters. The van der Waals surface area contributed by atoms with E-state index in [1.165, 1.54) is 0 Å². The Hall–Kier alpha value is -2.20. The number of hydrogen-bond donors (Lipinski definition) is 1. The summed E-state index contributed by atoms with van der Waals surface area (Å²) in [6.07, 6.45) is 5.67. The first-order valence-corrected chi connectivity index (χ1v) is 6.27. The van der Waals surface area contributed by atoms with Crippen molar-refractivity contribution in [3.8, 4) is 0 Å². The van der Waals surface area contributed by atoms with E-state index in [9.17, 15) is 0 Å². The maximum Gasteiger partial charge on any atom is 0.267 e. The lowest BCUT2D eigenvalue weighted by Crippen LogP contribution is -2.24. The molecule has 4 nitrogen and oxygen atoms in total. The van der Waals surface area contributed by atoms with Gasteiger partial charge in [0.25, 0.3) is 5.96 Å². The predicted molar refractivity (Wildman–Crippen MR) is 78.9 cm³/mol. The van der Waals surface area contributed by atoms with Gasteiger partial charge in [0.05, 0.1) is 16.8 Å². The minimum atomic E-state index is -0.153. The molecule has 0 aromatic heterocycles. The molecule has 3 rings (SSSR count). The van der Waals surface area contributed by atoms with Crippen molar-refractivity contribution in [2.45, 2.75) is 5.38 Å². The number of alkyl halides is 1. The van der Waals surface area contributed by atoms with E-state index >= 15 is 0 Å². The van der Waals surface area contributed by atoms with Crippen LogP contribution in [-0.4, -0.2) is 22.8 Å². The first-order chi connectivity index (χ1) is 9.28. The molecule has 1 unspecified atom stereocenters. The van der Waals surface area contributed by atoms with Gasteiger partial charge in [-0.25, -0.2) is 9.98 Å². The lowest BCUT2D eigenvalue weighted by molar-refractivity contribution is 1.20. The van der Waals surface area contributed by atoms with Gasteiger partial charge < -0.3 is 5.84 Å². The molecule has 0 spiro atoms. The van der Waals surface area contributed by atoms with Crippen molar-refractivity contribution in [1.29, 1.82) is 0 Å². The SMILES string of the molecule is N/N=C1\N=C2C=CC(Cl)C=C2C(c2ccccc2)=N1. The number of benzene rings is 1. The van der Waals surface area contributed by atoms with Crippen LogP contribution in [0.5, 0.6) is 0 Å². The highest BCUT2D eigenvalue weighted by Gasteiger charge is 2.23. The van der Waals surface area contributed by atoms with Crippen molar-refractivity contribution in [2.75, 3.05) is 0 Å². The minimum Gasteiger partial charge on any atom is -0.320 e. The Morgan fingerprint density at radius 3 is 2.68 bits per heavy atom. The molecule has 2 N–H and O–H groups in total. The summed E-state index contributed by atoms with van der Waals surface area (Å²) in [5.41, 5.74) is 3.49. The molecule has 0 amide bonds. The molecule has 1 aromatic carbocycles. The maximum atomic E-state index is 6.13. The van der Waals surface area contributed by atoms with E-state index in [2.05, 4.69) is 15.1 Å². The van der Waals surface area contributed by atoms with Crippen LogP contribution in [0.4, 0.5) is 0 Å². The molecule has 19 heavy (non-hydrogen) atoms. The van der Waals surface area contributed by atoms with E-state index in [1.54, 1.807) is 0 Å². The monoisotopic (exact) mass is 270 g/mol. The molecule has 0 radical (unpaired) electrons. The van der Waals surface area contributed by atoms with E-state index in [4.69, 9.17) is 17.4 Å². The molecule has 1 aromatic rings. The number of guanidine groups is 1. The van der Waals surface area contributed by atoms with Gasteiger partial charge >= 0.3 is 0 Å². The van der Waals surface area contributed by atoms with Crippen LogP contribution in [0, 0.1) is 0 Å². The van der Waals surface area contributed by atoms with Gasteiger partial charge in [-0.15, -0.1) is 16.7 Å². The van der Waals surface area contributed by atoms with Crippen LogP contribution in [0.15, 0.2) is 69.2 Å². The van der Waals surface area contributed by atoms with E-state index < -0.39 is 0 Å². The van der Waals surface area contributed by atoms with Crippen LogP contribution < -0.4 is 5.84 Å². The van der Waals surface area contributed by atoms with Crippen LogP contribution in [0.2, 0.25) is 0 Å². The third-order valence-corrected chi connectivity index (χ3v) is 3.16. The topological polar surface area (TPSA) is 63.1 Å². The third kappa shape index (κ3) is 2.22. The van der Waals surface area contributed by atoms with E-state index in [-0.39, 0.29) is 11.3 Å². The highest BCUT2D eigenvalue weighted by molar-refractivity contribution is 6.40. The zero-order valence-corrected chi connectivity index (χ0v) is 10.7. The number of nitrogens with two attached hydrogens (primary N) is 1. The Morgan fingerprint density at radius 1 is 1.16 bits per heavy atom. The summed E-state index contributed by atoms with van der Waals surface area (Å²) in [5, 5.41) is 3.43. The van der Waals surface area contributed by atoms with Crippen molar-refractivity contribution in [3.05, 3.63) is 59.7 Å². The van der Waals surface area contributed by atoms with Crippen LogP contribution in [0.3, 0.4) is 0 Å². The highest BCUT2D eigenvalue weighted by atomic mass is 35.5. The first kappa shape index (κ1) is 11.9. The van der Waals surface area contributed by atoms with Crippen molar-refractivity contribution in [3.63, 3.8) is 0 Å². The van der Waals surface area contributed by atoms with Gasteiger partial charge in [-0.2, -0.15) is 0 Å². The van der Waals surface area contributed by atoms with E-state index in [0.29, 0.717) is 0 Å². The van der Waals surface area contributed by atoms with Gasteiger partial charge in [0.1, 0.15) is 0 Å². The molecule has 5 heteroatoms. The van der Waals surface area contributed by atoms with Crippen LogP contribution >= 0.6 is 11.6 Å². The molecule has 1 aliphatic heterocycles. The maximum absolute atomic E-state index is 6.13. The second-order valence-electron chi connectivity index (χ2n) is 4.14. The first-order valence-electron chi connectivity index (χ1n) is 5.83. The van der Waals surface area contributed by atoms with Gasteiger partial charge in [0, 0.05) is 11.1 Å². The zero-order chi connectivity index (χ0) is 13.2. The summed E-state index contributed by atoms with van der Waals surface area (Å²) in [4.78, 5) is 8.66. The van der Waals surface area contributed by atoms with Gasteiger partial charge in [-0.3, -0.25) is 0 Å². The highest BCUT2D eigenvalue weighted by Crippen LogP contribution is 2.22. The molecule has 0 saturated heterocycles. The van der Waals surface area contributed by atoms with Gasteiger partial charge in [-0.1, -0.05) is 42.5 Å². The average molecular weight is 271 g/mol. The molecule has 0 fully saturated rings. The zero-order valence-electron chi connectivity index (χ0n) is 9.99. The summed E-state index contributed by atoms with van der Waals surface area (Å²) < 4.78 is 0. The minimum absolute atomic E-state index is 0.153. The molecule has 0 saturated carbocycles. The van der Waals surface area contributed by atoms with Gasteiger partial charge in [-0.05, 0) is 6.08 Å². The van der Waals surface area contributed by atoms with Crippen LogP contribution in [-0.2, 0) is 0 Å². The number of rotatable bonds is 1. The summed E-state index contributed by atoms with van der Waals surface area (Å²) >= 11 is 6.13. The smallest absolute Gasteiger partial charge is 0.267 e. The Kier molecular flexibility index (Phi) is 3.01. The Labute approximate surface area is 115 Å². The molecule has 2 aliphatic rings. The Bertz CT molecular complexity index is 653.